The first-order valence-corrected chi connectivity index (χ1v) is 8.48. The van der Waals surface area contributed by atoms with Gasteiger partial charge in [0, 0.05) is 6.42 Å². The third-order valence-corrected chi connectivity index (χ3v) is 4.43. The minimum absolute atomic E-state index is 0.0168. The highest BCUT2D eigenvalue weighted by molar-refractivity contribution is 8.26. The van der Waals surface area contributed by atoms with Gasteiger partial charge in [0.05, 0.1) is 12.0 Å². The van der Waals surface area contributed by atoms with Crippen LogP contribution in [0.2, 0.25) is 0 Å². The Hall–Kier alpha value is -2.06. The Balaban J connectivity index is 2.17. The number of methoxy groups -OCH3 is 1. The quantitative estimate of drug-likeness (QED) is 0.616. The van der Waals surface area contributed by atoms with Crippen molar-refractivity contribution in [1.29, 1.82) is 0 Å². The van der Waals surface area contributed by atoms with Crippen LogP contribution in [0.15, 0.2) is 23.1 Å². The molecule has 0 atom stereocenters. The van der Waals surface area contributed by atoms with Gasteiger partial charge in [-0.3, -0.25) is 15.0 Å². The minimum Gasteiger partial charge on any atom is -0.504 e. The molecule has 0 bridgehead atoms. The van der Waals surface area contributed by atoms with Gasteiger partial charge < -0.3 is 9.84 Å². The van der Waals surface area contributed by atoms with Crippen molar-refractivity contribution < 1.29 is 19.4 Å². The smallest absolute Gasteiger partial charge is 0.285 e. The Kier molecular flexibility index (Phi) is 5.84. The van der Waals surface area contributed by atoms with Crippen LogP contribution < -0.4 is 10.2 Å². The molecule has 1 aromatic rings. The van der Waals surface area contributed by atoms with Gasteiger partial charge in [-0.2, -0.15) is 5.01 Å². The van der Waals surface area contributed by atoms with Crippen molar-refractivity contribution in [2.75, 3.05) is 7.11 Å². The van der Waals surface area contributed by atoms with E-state index in [-0.39, 0.29) is 27.8 Å². The second kappa shape index (κ2) is 7.67. The Morgan fingerprint density at radius 3 is 2.83 bits per heavy atom. The number of rotatable bonds is 5. The van der Waals surface area contributed by atoms with Crippen molar-refractivity contribution in [2.45, 2.75) is 20.3 Å². The summed E-state index contributed by atoms with van der Waals surface area (Å²) in [5.74, 6) is -0.126. The van der Waals surface area contributed by atoms with Gasteiger partial charge in [0.1, 0.15) is 0 Å². The third kappa shape index (κ3) is 4.27. The molecule has 24 heavy (non-hydrogen) atoms. The molecule has 1 heterocycles. The van der Waals surface area contributed by atoms with E-state index in [0.717, 1.165) is 16.8 Å². The van der Waals surface area contributed by atoms with Crippen LogP contribution >= 0.6 is 24.0 Å². The molecule has 0 aromatic heterocycles. The highest BCUT2D eigenvalue weighted by Gasteiger charge is 2.33. The average molecular weight is 366 g/mol. The summed E-state index contributed by atoms with van der Waals surface area (Å²) in [5.41, 5.74) is 3.21. The minimum atomic E-state index is -0.380. The number of hydrogen-bond acceptors (Lipinski definition) is 6. The van der Waals surface area contributed by atoms with Crippen LogP contribution in [0.3, 0.4) is 0 Å². The van der Waals surface area contributed by atoms with Crippen molar-refractivity contribution in [1.82, 2.24) is 10.4 Å². The zero-order valence-electron chi connectivity index (χ0n) is 13.5. The lowest BCUT2D eigenvalue weighted by Crippen LogP contribution is -2.45. The van der Waals surface area contributed by atoms with Gasteiger partial charge in [-0.15, -0.1) is 0 Å². The van der Waals surface area contributed by atoms with Crippen LogP contribution in [0.4, 0.5) is 0 Å². The van der Waals surface area contributed by atoms with E-state index in [0.29, 0.717) is 22.6 Å². The number of phenolic OH excluding ortho intramolecular Hbond substituents is 1. The second-order valence-corrected chi connectivity index (χ2v) is 7.26. The zero-order valence-corrected chi connectivity index (χ0v) is 15.2. The van der Waals surface area contributed by atoms with Crippen molar-refractivity contribution in [3.63, 3.8) is 0 Å². The largest absolute Gasteiger partial charge is 0.504 e. The van der Waals surface area contributed by atoms with Gasteiger partial charge in [0.15, 0.2) is 15.8 Å². The Labute approximate surface area is 149 Å². The van der Waals surface area contributed by atoms with Crippen molar-refractivity contribution in [2.24, 2.45) is 5.92 Å². The molecular weight excluding hydrogens is 348 g/mol. The zero-order chi connectivity index (χ0) is 17.9. The third-order valence-electron chi connectivity index (χ3n) is 3.13. The number of benzene rings is 1. The maximum Gasteiger partial charge on any atom is 0.285 e. The maximum absolute atomic E-state index is 12.4. The molecule has 6 nitrogen and oxygen atoms in total. The van der Waals surface area contributed by atoms with Gasteiger partial charge in [-0.25, -0.2) is 0 Å². The van der Waals surface area contributed by atoms with E-state index in [2.05, 4.69) is 5.43 Å². The Bertz CT molecular complexity index is 716. The predicted molar refractivity (Wildman–Crippen MR) is 97.3 cm³/mol. The van der Waals surface area contributed by atoms with Crippen molar-refractivity contribution >= 4 is 46.2 Å². The number of carbonyl (C=O) groups excluding carboxylic acids is 2. The summed E-state index contributed by atoms with van der Waals surface area (Å²) in [7, 11) is 1.45. The molecule has 2 rings (SSSR count). The molecule has 8 heteroatoms. The topological polar surface area (TPSA) is 78.9 Å². The van der Waals surface area contributed by atoms with Crippen molar-refractivity contribution in [3.8, 4) is 11.5 Å². The lowest BCUT2D eigenvalue weighted by atomic mass is 10.1. The fourth-order valence-corrected chi connectivity index (χ4v) is 3.22. The number of nitrogens with zero attached hydrogens (tertiary/aromatic N) is 1. The number of ether oxygens (including phenoxy) is 1. The number of aromatic hydroxyl groups is 1. The molecule has 1 aromatic carbocycles. The van der Waals surface area contributed by atoms with Gasteiger partial charge in [-0.05, 0) is 41.9 Å². The number of hydrazine groups is 1. The lowest BCUT2D eigenvalue weighted by molar-refractivity contribution is -0.133. The summed E-state index contributed by atoms with van der Waals surface area (Å²) >= 11 is 6.27. The maximum atomic E-state index is 12.4. The predicted octanol–water partition coefficient (Wildman–Crippen LogP) is 2.68. The molecule has 0 spiro atoms. The number of nitrogens with one attached hydrogen (secondary N) is 1. The van der Waals surface area contributed by atoms with E-state index < -0.39 is 0 Å². The fraction of sp³-hybridized carbons (Fsp3) is 0.312. The van der Waals surface area contributed by atoms with Crippen LogP contribution in [0.1, 0.15) is 25.8 Å². The first-order valence-electron chi connectivity index (χ1n) is 7.26. The number of amides is 2. The molecule has 2 N–H and O–H groups in total. The van der Waals surface area contributed by atoms with E-state index in [1.54, 1.807) is 18.2 Å². The molecule has 1 saturated heterocycles. The van der Waals surface area contributed by atoms with Crippen LogP contribution in [-0.4, -0.2) is 33.4 Å². The first-order chi connectivity index (χ1) is 11.3. The van der Waals surface area contributed by atoms with Gasteiger partial charge >= 0.3 is 0 Å². The Morgan fingerprint density at radius 1 is 1.50 bits per heavy atom. The SMILES string of the molecule is COc1cc(/C=C2\SC(=S)N(NC(=O)CC(C)C)C2=O)ccc1O. The molecule has 0 aliphatic carbocycles. The normalized spacial score (nSPS) is 16.2. The first kappa shape index (κ1) is 18.3. The summed E-state index contributed by atoms with van der Waals surface area (Å²) in [6.07, 6.45) is 1.95. The molecule has 128 valence electrons. The summed E-state index contributed by atoms with van der Waals surface area (Å²) in [4.78, 5) is 24.7. The highest BCUT2D eigenvalue weighted by atomic mass is 32.2. The number of phenols is 1. The Morgan fingerprint density at radius 2 is 2.21 bits per heavy atom. The molecule has 1 aliphatic rings. The van der Waals surface area contributed by atoms with Gasteiger partial charge in [0.25, 0.3) is 5.91 Å². The van der Waals surface area contributed by atoms with Crippen LogP contribution in [0.25, 0.3) is 6.08 Å². The molecule has 2 amide bonds. The summed E-state index contributed by atoms with van der Waals surface area (Å²) in [5, 5.41) is 10.7. The number of carbonyl (C=O) groups is 2. The average Bonchev–Trinajstić information content (AvgIpc) is 2.76. The number of thiocarbonyl (C=S) groups is 1. The van der Waals surface area contributed by atoms with Crippen LogP contribution in [0.5, 0.6) is 11.5 Å². The van der Waals surface area contributed by atoms with Crippen LogP contribution in [0, 0.1) is 5.92 Å². The molecular formula is C16H18N2O4S2. The van der Waals surface area contributed by atoms with E-state index in [1.165, 1.54) is 13.2 Å². The number of hydrogen-bond donors (Lipinski definition) is 2. The summed E-state index contributed by atoms with van der Waals surface area (Å²) < 4.78 is 5.32. The summed E-state index contributed by atoms with van der Waals surface area (Å²) in [6.45, 7) is 3.84. The standard InChI is InChI=1S/C16H18N2O4S2/c1-9(2)6-14(20)17-18-15(21)13(24-16(18)23)8-10-4-5-11(19)12(7-10)22-3/h4-5,7-9,19H,6H2,1-3H3,(H,17,20)/b13-8-. The molecule has 0 unspecified atom stereocenters. The van der Waals surface area contributed by atoms with Crippen molar-refractivity contribution in [3.05, 3.63) is 28.7 Å². The molecule has 1 aliphatic heterocycles. The lowest BCUT2D eigenvalue weighted by Gasteiger charge is -2.16. The van der Waals surface area contributed by atoms with Gasteiger partial charge in [-0.1, -0.05) is 31.7 Å². The molecule has 1 fully saturated rings. The molecule has 0 saturated carbocycles. The fourth-order valence-electron chi connectivity index (χ4n) is 2.04. The number of thioether (sulfide) groups is 1. The van der Waals surface area contributed by atoms with E-state index in [4.69, 9.17) is 17.0 Å². The molecule has 0 radical (unpaired) electrons. The second-order valence-electron chi connectivity index (χ2n) is 5.58. The monoisotopic (exact) mass is 366 g/mol. The van der Waals surface area contributed by atoms with E-state index >= 15 is 0 Å². The highest BCUT2D eigenvalue weighted by Crippen LogP contribution is 2.33. The van der Waals surface area contributed by atoms with Gasteiger partial charge in [0.2, 0.25) is 5.91 Å². The summed E-state index contributed by atoms with van der Waals surface area (Å²) in [6, 6.07) is 4.75. The van der Waals surface area contributed by atoms with Crippen LogP contribution in [-0.2, 0) is 9.59 Å². The van der Waals surface area contributed by atoms with E-state index in [9.17, 15) is 14.7 Å². The van der Waals surface area contributed by atoms with E-state index in [1.807, 2.05) is 13.8 Å².